The molecule has 2 aliphatic rings. The summed E-state index contributed by atoms with van der Waals surface area (Å²) in [6.07, 6.45) is 1.43. The van der Waals surface area contributed by atoms with Gasteiger partial charge in [-0.15, -0.1) is 11.8 Å². The molecule has 2 aliphatic heterocycles. The van der Waals surface area contributed by atoms with E-state index in [2.05, 4.69) is 0 Å². The average Bonchev–Trinajstić information content (AvgIpc) is 2.33. The van der Waals surface area contributed by atoms with Crippen molar-refractivity contribution in [1.82, 2.24) is 4.90 Å². The molecule has 1 amide bonds. The molecule has 0 aliphatic carbocycles. The van der Waals surface area contributed by atoms with E-state index in [9.17, 15) is 9.90 Å². The van der Waals surface area contributed by atoms with Gasteiger partial charge >= 0.3 is 0 Å². The summed E-state index contributed by atoms with van der Waals surface area (Å²) < 4.78 is 0. The lowest BCUT2D eigenvalue weighted by atomic mass is 10.00. The zero-order valence-corrected chi connectivity index (χ0v) is 11.2. The number of piperidine rings is 1. The van der Waals surface area contributed by atoms with Crippen LogP contribution in [0, 0.1) is 0 Å². The number of aliphatic hydroxyl groups is 1. The second kappa shape index (κ2) is 5.65. The molecule has 5 heteroatoms. The van der Waals surface area contributed by atoms with Gasteiger partial charge in [-0.2, -0.15) is 11.8 Å². The van der Waals surface area contributed by atoms with Gasteiger partial charge in [-0.05, 0) is 19.8 Å². The molecule has 0 aromatic carbocycles. The Kier molecular flexibility index (Phi) is 4.44. The Morgan fingerprint density at radius 3 is 2.94 bits per heavy atom. The lowest BCUT2D eigenvalue weighted by molar-refractivity contribution is -0.137. The lowest BCUT2D eigenvalue weighted by Gasteiger charge is -2.39. The van der Waals surface area contributed by atoms with Gasteiger partial charge < -0.3 is 10.0 Å². The molecule has 2 fully saturated rings. The van der Waals surface area contributed by atoms with Gasteiger partial charge in [0.2, 0.25) is 5.91 Å². The molecule has 0 saturated carbocycles. The summed E-state index contributed by atoms with van der Waals surface area (Å²) >= 11 is 3.64. The maximum Gasteiger partial charge on any atom is 0.236 e. The molecule has 3 nitrogen and oxygen atoms in total. The van der Waals surface area contributed by atoms with Crippen LogP contribution in [0.3, 0.4) is 0 Å². The number of aliphatic hydroxyl groups excluding tert-OH is 1. The highest BCUT2D eigenvalue weighted by Crippen LogP contribution is 2.28. The molecule has 16 heavy (non-hydrogen) atoms. The number of hydrogen-bond donors (Lipinski definition) is 1. The van der Waals surface area contributed by atoms with E-state index < -0.39 is 0 Å². The molecule has 2 heterocycles. The van der Waals surface area contributed by atoms with Crippen LogP contribution >= 0.6 is 23.5 Å². The number of likely N-dealkylation sites (tertiary alicyclic amines) is 1. The first-order chi connectivity index (χ1) is 7.70. The standard InChI is InChI=1S/C11H19NO2S2/c1-8-9(13)3-2-4-12(8)11(14)10-7-15-5-6-16-10/h8-10,13H,2-7H2,1H3/t8-,9-,10?/m1/s1. The summed E-state index contributed by atoms with van der Waals surface area (Å²) in [5, 5.41) is 9.91. The third kappa shape index (κ3) is 2.68. The van der Waals surface area contributed by atoms with Crippen LogP contribution in [-0.2, 0) is 4.79 Å². The smallest absolute Gasteiger partial charge is 0.236 e. The maximum absolute atomic E-state index is 12.3. The first kappa shape index (κ1) is 12.6. The number of thioether (sulfide) groups is 2. The summed E-state index contributed by atoms with van der Waals surface area (Å²) in [6.45, 7) is 2.78. The molecule has 0 spiro atoms. The van der Waals surface area contributed by atoms with Gasteiger partial charge in [0.25, 0.3) is 0 Å². The van der Waals surface area contributed by atoms with E-state index in [1.54, 1.807) is 11.8 Å². The topological polar surface area (TPSA) is 40.5 Å². The average molecular weight is 261 g/mol. The monoisotopic (exact) mass is 261 g/mol. The summed E-state index contributed by atoms with van der Waals surface area (Å²) in [7, 11) is 0. The summed E-state index contributed by atoms with van der Waals surface area (Å²) in [5.41, 5.74) is 0. The molecule has 3 atom stereocenters. The van der Waals surface area contributed by atoms with Crippen molar-refractivity contribution in [3.05, 3.63) is 0 Å². The number of hydrogen-bond acceptors (Lipinski definition) is 4. The Labute approximate surface area is 105 Å². The number of carbonyl (C=O) groups is 1. The van der Waals surface area contributed by atoms with Crippen molar-refractivity contribution in [2.24, 2.45) is 0 Å². The Morgan fingerprint density at radius 2 is 2.25 bits per heavy atom. The van der Waals surface area contributed by atoms with E-state index in [-0.39, 0.29) is 23.3 Å². The van der Waals surface area contributed by atoms with Crippen molar-refractivity contribution in [2.75, 3.05) is 23.8 Å². The molecule has 0 radical (unpaired) electrons. The minimum absolute atomic E-state index is 0.00576. The van der Waals surface area contributed by atoms with Gasteiger partial charge in [-0.1, -0.05) is 0 Å². The second-order valence-corrected chi connectivity index (χ2v) is 6.88. The van der Waals surface area contributed by atoms with Crippen LogP contribution in [0.5, 0.6) is 0 Å². The summed E-state index contributed by atoms with van der Waals surface area (Å²) in [4.78, 5) is 14.2. The van der Waals surface area contributed by atoms with E-state index in [4.69, 9.17) is 0 Å². The highest BCUT2D eigenvalue weighted by Gasteiger charge is 2.34. The predicted octanol–water partition coefficient (Wildman–Crippen LogP) is 1.21. The van der Waals surface area contributed by atoms with E-state index >= 15 is 0 Å². The van der Waals surface area contributed by atoms with E-state index in [1.807, 2.05) is 23.6 Å². The zero-order valence-electron chi connectivity index (χ0n) is 9.59. The summed E-state index contributed by atoms with van der Waals surface area (Å²) in [5.74, 6) is 3.41. The Bertz CT molecular complexity index is 256. The van der Waals surface area contributed by atoms with Gasteiger partial charge in [-0.3, -0.25) is 4.79 Å². The van der Waals surface area contributed by atoms with Crippen LogP contribution in [-0.4, -0.2) is 57.1 Å². The van der Waals surface area contributed by atoms with Crippen LogP contribution in [0.2, 0.25) is 0 Å². The van der Waals surface area contributed by atoms with Crippen LogP contribution in [0.15, 0.2) is 0 Å². The third-order valence-corrected chi connectivity index (χ3v) is 6.06. The quantitative estimate of drug-likeness (QED) is 0.770. The Morgan fingerprint density at radius 1 is 1.44 bits per heavy atom. The van der Waals surface area contributed by atoms with Crippen molar-refractivity contribution in [3.63, 3.8) is 0 Å². The molecule has 0 aromatic heterocycles. The molecule has 92 valence electrons. The van der Waals surface area contributed by atoms with Crippen LogP contribution in [0.25, 0.3) is 0 Å². The van der Waals surface area contributed by atoms with Gasteiger partial charge in [0.05, 0.1) is 17.4 Å². The Hall–Kier alpha value is 0.130. The minimum atomic E-state index is -0.334. The maximum atomic E-state index is 12.3. The van der Waals surface area contributed by atoms with Gasteiger partial charge in [0.1, 0.15) is 0 Å². The van der Waals surface area contributed by atoms with Crippen molar-refractivity contribution >= 4 is 29.4 Å². The SMILES string of the molecule is C[C@@H]1[C@H](O)CCCN1C(=O)C1CSCCS1. The normalized spacial score (nSPS) is 36.1. The summed E-state index contributed by atoms with van der Waals surface area (Å²) in [6, 6.07) is -0.00576. The predicted molar refractivity (Wildman–Crippen MR) is 70.0 cm³/mol. The van der Waals surface area contributed by atoms with Crippen molar-refractivity contribution in [2.45, 2.75) is 37.2 Å². The molecular formula is C11H19NO2S2. The highest BCUT2D eigenvalue weighted by atomic mass is 32.2. The third-order valence-electron chi connectivity index (χ3n) is 3.32. The van der Waals surface area contributed by atoms with E-state index in [1.165, 1.54) is 0 Å². The van der Waals surface area contributed by atoms with E-state index in [0.29, 0.717) is 0 Å². The van der Waals surface area contributed by atoms with E-state index in [0.717, 1.165) is 36.6 Å². The Balaban J connectivity index is 1.96. The fourth-order valence-electron chi connectivity index (χ4n) is 2.25. The molecule has 1 unspecified atom stereocenters. The molecular weight excluding hydrogens is 242 g/mol. The van der Waals surface area contributed by atoms with Crippen LogP contribution < -0.4 is 0 Å². The molecule has 2 rings (SSSR count). The first-order valence-electron chi connectivity index (χ1n) is 5.88. The number of nitrogens with zero attached hydrogens (tertiary/aromatic N) is 1. The fraction of sp³-hybridized carbons (Fsp3) is 0.909. The van der Waals surface area contributed by atoms with Gasteiger partial charge in [0, 0.05) is 23.8 Å². The molecule has 2 saturated heterocycles. The first-order valence-corrected chi connectivity index (χ1v) is 8.08. The number of amides is 1. The molecule has 0 aromatic rings. The van der Waals surface area contributed by atoms with Crippen molar-refractivity contribution in [1.29, 1.82) is 0 Å². The largest absolute Gasteiger partial charge is 0.391 e. The van der Waals surface area contributed by atoms with Crippen LogP contribution in [0.4, 0.5) is 0 Å². The minimum Gasteiger partial charge on any atom is -0.391 e. The van der Waals surface area contributed by atoms with Crippen molar-refractivity contribution < 1.29 is 9.90 Å². The van der Waals surface area contributed by atoms with Crippen molar-refractivity contribution in [3.8, 4) is 0 Å². The number of rotatable bonds is 1. The zero-order chi connectivity index (χ0) is 11.5. The highest BCUT2D eigenvalue weighted by molar-refractivity contribution is 8.07. The lowest BCUT2D eigenvalue weighted by Crippen LogP contribution is -2.52. The molecule has 1 N–H and O–H groups in total. The second-order valence-electron chi connectivity index (χ2n) is 4.42. The fourth-order valence-corrected chi connectivity index (χ4v) is 4.87. The van der Waals surface area contributed by atoms with Crippen LogP contribution in [0.1, 0.15) is 19.8 Å². The van der Waals surface area contributed by atoms with Gasteiger partial charge in [0.15, 0.2) is 0 Å². The van der Waals surface area contributed by atoms with Gasteiger partial charge in [-0.25, -0.2) is 0 Å². The molecule has 0 bridgehead atoms. The number of carbonyl (C=O) groups excluding carboxylic acids is 1.